The van der Waals surface area contributed by atoms with Crippen LogP contribution in [0, 0.1) is 13.8 Å². The fourth-order valence-corrected chi connectivity index (χ4v) is 1.91. The van der Waals surface area contributed by atoms with E-state index in [2.05, 4.69) is 15.5 Å². The molecule has 2 rings (SSSR count). The van der Waals surface area contributed by atoms with Crippen LogP contribution in [0.15, 0.2) is 24.3 Å². The number of alkyl halides is 3. The van der Waals surface area contributed by atoms with Gasteiger partial charge in [0.25, 0.3) is 5.91 Å². The number of benzene rings is 1. The minimum atomic E-state index is -4.52. The van der Waals surface area contributed by atoms with Crippen LogP contribution in [0.25, 0.3) is 0 Å². The fraction of sp³-hybridized carbons (Fsp3) is 0.231. The second kappa shape index (κ2) is 4.99. The number of amides is 1. The zero-order valence-corrected chi connectivity index (χ0v) is 10.8. The predicted octanol–water partition coefficient (Wildman–Crippen LogP) is 3.30. The van der Waals surface area contributed by atoms with E-state index in [1.807, 2.05) is 0 Å². The second-order valence-corrected chi connectivity index (χ2v) is 4.31. The smallest absolute Gasteiger partial charge is 0.321 e. The first kappa shape index (κ1) is 14.1. The number of anilines is 1. The maximum atomic E-state index is 12.8. The summed E-state index contributed by atoms with van der Waals surface area (Å²) in [6, 6.07) is 4.84. The fourth-order valence-electron chi connectivity index (χ4n) is 1.91. The maximum Gasteiger partial charge on any atom is 0.418 e. The summed E-state index contributed by atoms with van der Waals surface area (Å²) in [5, 5.41) is 8.74. The van der Waals surface area contributed by atoms with Crippen LogP contribution in [-0.2, 0) is 6.18 Å². The number of rotatable bonds is 2. The number of halogens is 3. The van der Waals surface area contributed by atoms with Crippen molar-refractivity contribution in [3.63, 3.8) is 0 Å². The van der Waals surface area contributed by atoms with Crippen LogP contribution in [0.1, 0.15) is 27.3 Å². The molecule has 1 amide bonds. The Labute approximate surface area is 113 Å². The molecule has 0 aliphatic carbocycles. The Hall–Kier alpha value is -2.31. The molecule has 0 radical (unpaired) electrons. The van der Waals surface area contributed by atoms with E-state index in [-0.39, 0.29) is 11.3 Å². The Balaban J connectivity index is 2.34. The van der Waals surface area contributed by atoms with Gasteiger partial charge in [0.15, 0.2) is 0 Å². The number of hydrogen-bond acceptors (Lipinski definition) is 2. The van der Waals surface area contributed by atoms with Crippen molar-refractivity contribution in [2.45, 2.75) is 20.0 Å². The van der Waals surface area contributed by atoms with Crippen LogP contribution in [-0.4, -0.2) is 16.1 Å². The number of aromatic nitrogens is 2. The normalized spacial score (nSPS) is 11.4. The van der Waals surface area contributed by atoms with Gasteiger partial charge in [0, 0.05) is 5.69 Å². The third-order valence-corrected chi connectivity index (χ3v) is 2.84. The predicted molar refractivity (Wildman–Crippen MR) is 67.5 cm³/mol. The Bertz CT molecular complexity index is 627. The third-order valence-electron chi connectivity index (χ3n) is 2.84. The van der Waals surface area contributed by atoms with E-state index in [0.717, 1.165) is 6.07 Å². The number of H-pyrrole nitrogens is 1. The van der Waals surface area contributed by atoms with Gasteiger partial charge in [-0.15, -0.1) is 0 Å². The van der Waals surface area contributed by atoms with Crippen LogP contribution < -0.4 is 5.32 Å². The first-order valence-electron chi connectivity index (χ1n) is 5.80. The van der Waals surface area contributed by atoms with E-state index in [9.17, 15) is 18.0 Å². The minimum absolute atomic E-state index is 0.252. The highest BCUT2D eigenvalue weighted by Gasteiger charge is 2.33. The van der Waals surface area contributed by atoms with Gasteiger partial charge in [0.1, 0.15) is 0 Å². The van der Waals surface area contributed by atoms with Crippen LogP contribution in [0.4, 0.5) is 18.9 Å². The van der Waals surface area contributed by atoms with Crippen LogP contribution in [0.2, 0.25) is 0 Å². The first-order valence-corrected chi connectivity index (χ1v) is 5.80. The minimum Gasteiger partial charge on any atom is -0.321 e. The molecule has 1 heterocycles. The van der Waals surface area contributed by atoms with Crippen molar-refractivity contribution in [1.29, 1.82) is 0 Å². The van der Waals surface area contributed by atoms with Gasteiger partial charge in [0.05, 0.1) is 22.5 Å². The summed E-state index contributed by atoms with van der Waals surface area (Å²) < 4.78 is 38.5. The van der Waals surface area contributed by atoms with E-state index in [0.29, 0.717) is 11.4 Å². The number of carbonyl (C=O) groups is 1. The Kier molecular flexibility index (Phi) is 3.52. The molecular formula is C13H12F3N3O. The lowest BCUT2D eigenvalue weighted by Gasteiger charge is -2.13. The topological polar surface area (TPSA) is 57.8 Å². The van der Waals surface area contributed by atoms with Crippen LogP contribution >= 0.6 is 0 Å². The van der Waals surface area contributed by atoms with Crippen LogP contribution in [0.5, 0.6) is 0 Å². The second-order valence-electron chi connectivity index (χ2n) is 4.31. The molecule has 0 bridgehead atoms. The molecule has 106 valence electrons. The molecule has 0 saturated heterocycles. The van der Waals surface area contributed by atoms with Gasteiger partial charge < -0.3 is 5.32 Å². The molecule has 20 heavy (non-hydrogen) atoms. The van der Waals surface area contributed by atoms with Crippen molar-refractivity contribution in [3.8, 4) is 0 Å². The molecule has 1 aromatic heterocycles. The molecule has 0 saturated carbocycles. The molecule has 1 aromatic carbocycles. The number of para-hydroxylation sites is 1. The van der Waals surface area contributed by atoms with Crippen molar-refractivity contribution in [2.75, 3.05) is 5.32 Å². The first-order chi connectivity index (χ1) is 9.30. The number of aromatic amines is 1. The highest BCUT2D eigenvalue weighted by Crippen LogP contribution is 2.34. The summed E-state index contributed by atoms with van der Waals surface area (Å²) in [6.07, 6.45) is -4.52. The maximum absolute atomic E-state index is 12.8. The Morgan fingerprint density at radius 2 is 1.90 bits per heavy atom. The van der Waals surface area contributed by atoms with E-state index in [1.165, 1.54) is 18.2 Å². The van der Waals surface area contributed by atoms with Gasteiger partial charge in [-0.3, -0.25) is 9.89 Å². The van der Waals surface area contributed by atoms with E-state index >= 15 is 0 Å². The Morgan fingerprint density at radius 1 is 1.25 bits per heavy atom. The molecule has 0 unspecified atom stereocenters. The molecule has 0 aliphatic heterocycles. The molecule has 2 aromatic rings. The summed E-state index contributed by atoms with van der Waals surface area (Å²) >= 11 is 0. The van der Waals surface area contributed by atoms with E-state index < -0.39 is 17.6 Å². The monoisotopic (exact) mass is 283 g/mol. The third kappa shape index (κ3) is 2.66. The number of aryl methyl sites for hydroxylation is 2. The molecule has 2 N–H and O–H groups in total. The van der Waals surface area contributed by atoms with Crippen molar-refractivity contribution < 1.29 is 18.0 Å². The average Bonchev–Trinajstić information content (AvgIpc) is 2.68. The highest BCUT2D eigenvalue weighted by molar-refractivity contribution is 6.06. The van der Waals surface area contributed by atoms with Gasteiger partial charge >= 0.3 is 6.18 Å². The standard InChI is InChI=1S/C13H12F3N3O/c1-7-11(8(2)19-18-7)12(20)17-10-6-4-3-5-9(10)13(14,15)16/h3-6H,1-2H3,(H,17,20)(H,18,19). The number of nitrogens with one attached hydrogen (secondary N) is 2. The summed E-state index contributed by atoms with van der Waals surface area (Å²) in [5.74, 6) is -0.620. The van der Waals surface area contributed by atoms with Crippen LogP contribution in [0.3, 0.4) is 0 Å². The molecular weight excluding hydrogens is 271 g/mol. The van der Waals surface area contributed by atoms with Crippen molar-refractivity contribution >= 4 is 11.6 Å². The summed E-state index contributed by atoms with van der Waals surface area (Å²) in [4.78, 5) is 12.1. The molecule has 7 heteroatoms. The lowest BCUT2D eigenvalue weighted by atomic mass is 10.1. The summed E-state index contributed by atoms with van der Waals surface area (Å²) in [6.45, 7) is 3.23. The zero-order valence-electron chi connectivity index (χ0n) is 10.8. The quantitative estimate of drug-likeness (QED) is 0.888. The highest BCUT2D eigenvalue weighted by atomic mass is 19.4. The van der Waals surface area contributed by atoms with E-state index in [4.69, 9.17) is 0 Å². The number of hydrogen-bond donors (Lipinski definition) is 2. The lowest BCUT2D eigenvalue weighted by Crippen LogP contribution is -2.17. The lowest BCUT2D eigenvalue weighted by molar-refractivity contribution is -0.136. The van der Waals surface area contributed by atoms with Crippen molar-refractivity contribution in [3.05, 3.63) is 46.8 Å². The summed E-state index contributed by atoms with van der Waals surface area (Å²) in [5.41, 5.74) is 0.0353. The zero-order chi connectivity index (χ0) is 14.9. The molecule has 0 aliphatic rings. The van der Waals surface area contributed by atoms with Gasteiger partial charge in [-0.2, -0.15) is 18.3 Å². The molecule has 0 fully saturated rings. The van der Waals surface area contributed by atoms with Crippen molar-refractivity contribution in [2.24, 2.45) is 0 Å². The van der Waals surface area contributed by atoms with Gasteiger partial charge in [-0.1, -0.05) is 12.1 Å². The molecule has 0 spiro atoms. The Morgan fingerprint density at radius 3 is 2.45 bits per heavy atom. The average molecular weight is 283 g/mol. The molecule has 0 atom stereocenters. The van der Waals surface area contributed by atoms with Gasteiger partial charge in [0.2, 0.25) is 0 Å². The molecule has 4 nitrogen and oxygen atoms in total. The largest absolute Gasteiger partial charge is 0.418 e. The van der Waals surface area contributed by atoms with Gasteiger partial charge in [-0.25, -0.2) is 0 Å². The number of nitrogens with zero attached hydrogens (tertiary/aromatic N) is 1. The summed E-state index contributed by atoms with van der Waals surface area (Å²) in [7, 11) is 0. The van der Waals surface area contributed by atoms with Crippen molar-refractivity contribution in [1.82, 2.24) is 10.2 Å². The van der Waals surface area contributed by atoms with E-state index in [1.54, 1.807) is 13.8 Å². The SMILES string of the molecule is Cc1n[nH]c(C)c1C(=O)Nc1ccccc1C(F)(F)F. The number of carbonyl (C=O) groups excluding carboxylic acids is 1. The van der Waals surface area contributed by atoms with Gasteiger partial charge in [-0.05, 0) is 26.0 Å².